The van der Waals surface area contributed by atoms with E-state index in [0.29, 0.717) is 22.8 Å². The highest BCUT2D eigenvalue weighted by Gasteiger charge is 2.20. The van der Waals surface area contributed by atoms with Crippen molar-refractivity contribution in [2.24, 2.45) is 0 Å². The molecule has 0 unspecified atom stereocenters. The molecule has 4 rings (SSSR count). The van der Waals surface area contributed by atoms with Gasteiger partial charge in [0.1, 0.15) is 34.6 Å². The topological polar surface area (TPSA) is 77.2 Å². The van der Waals surface area contributed by atoms with E-state index in [1.54, 1.807) is 57.4 Å². The van der Waals surface area contributed by atoms with Crippen molar-refractivity contribution in [1.82, 2.24) is 14.5 Å². The lowest BCUT2D eigenvalue weighted by molar-refractivity contribution is 0.0739. The molecule has 3 heterocycles. The Hall–Kier alpha value is -3.62. The van der Waals surface area contributed by atoms with E-state index in [1.165, 1.54) is 10.6 Å². The normalized spacial score (nSPS) is 11.6. The van der Waals surface area contributed by atoms with Gasteiger partial charge in [-0.1, -0.05) is 11.6 Å². The fraction of sp³-hybridized carbons (Fsp3) is 0.222. The second-order valence-corrected chi connectivity index (χ2v) is 9.35. The van der Waals surface area contributed by atoms with Crippen LogP contribution in [0.15, 0.2) is 59.7 Å². The summed E-state index contributed by atoms with van der Waals surface area (Å²) in [7, 11) is 0. The Bertz CT molecular complexity index is 1510. The Morgan fingerprint density at radius 2 is 1.83 bits per heavy atom. The SMILES string of the molecule is Cc1cnc(-c2ccnc(C(C)(C)O)c2)cc1-n1c(C)cc(OCc2ccc(F)cc2F)c(Cl)c1=O. The van der Waals surface area contributed by atoms with Gasteiger partial charge in [0.05, 0.1) is 17.1 Å². The summed E-state index contributed by atoms with van der Waals surface area (Å²) in [5, 5.41) is 10.1. The van der Waals surface area contributed by atoms with Crippen LogP contribution in [0.4, 0.5) is 8.78 Å². The van der Waals surface area contributed by atoms with E-state index in [-0.39, 0.29) is 22.9 Å². The van der Waals surface area contributed by atoms with Crippen LogP contribution >= 0.6 is 11.6 Å². The Morgan fingerprint density at radius 1 is 1.08 bits per heavy atom. The highest BCUT2D eigenvalue weighted by Crippen LogP contribution is 2.29. The lowest BCUT2D eigenvalue weighted by Crippen LogP contribution is -2.23. The molecule has 0 bridgehead atoms. The third-order valence-electron chi connectivity index (χ3n) is 5.70. The van der Waals surface area contributed by atoms with Gasteiger partial charge < -0.3 is 9.84 Å². The van der Waals surface area contributed by atoms with Crippen LogP contribution in [0, 0.1) is 25.5 Å². The molecule has 0 radical (unpaired) electrons. The van der Waals surface area contributed by atoms with Gasteiger partial charge >= 0.3 is 0 Å². The second kappa shape index (κ2) is 9.79. The summed E-state index contributed by atoms with van der Waals surface area (Å²) >= 11 is 6.37. The van der Waals surface area contributed by atoms with Crippen molar-refractivity contribution in [1.29, 1.82) is 0 Å². The van der Waals surface area contributed by atoms with Gasteiger partial charge in [-0.3, -0.25) is 19.3 Å². The fourth-order valence-corrected chi connectivity index (χ4v) is 3.91. The van der Waals surface area contributed by atoms with E-state index in [0.717, 1.165) is 23.3 Å². The number of hydrogen-bond acceptors (Lipinski definition) is 5. The van der Waals surface area contributed by atoms with Crippen molar-refractivity contribution in [3.05, 3.63) is 104 Å². The smallest absolute Gasteiger partial charge is 0.277 e. The first-order valence-corrected chi connectivity index (χ1v) is 11.5. The lowest BCUT2D eigenvalue weighted by atomic mass is 10.0. The van der Waals surface area contributed by atoms with Gasteiger partial charge in [0, 0.05) is 41.3 Å². The van der Waals surface area contributed by atoms with Crippen LogP contribution in [-0.2, 0) is 12.2 Å². The molecule has 0 saturated carbocycles. The third-order valence-corrected chi connectivity index (χ3v) is 6.04. The summed E-state index contributed by atoms with van der Waals surface area (Å²) in [6.45, 7) is 6.61. The summed E-state index contributed by atoms with van der Waals surface area (Å²) in [4.78, 5) is 22.0. The van der Waals surface area contributed by atoms with Gasteiger partial charge in [-0.2, -0.15) is 0 Å². The molecule has 1 aromatic carbocycles. The summed E-state index contributed by atoms with van der Waals surface area (Å²) in [6.07, 6.45) is 3.24. The molecule has 6 nitrogen and oxygen atoms in total. The number of benzene rings is 1. The first-order valence-electron chi connectivity index (χ1n) is 11.1. The number of hydrogen-bond donors (Lipinski definition) is 1. The molecule has 0 fully saturated rings. The van der Waals surface area contributed by atoms with Crippen molar-refractivity contribution < 1.29 is 18.6 Å². The van der Waals surface area contributed by atoms with Crippen LogP contribution < -0.4 is 10.3 Å². The van der Waals surface area contributed by atoms with E-state index < -0.39 is 22.8 Å². The summed E-state index contributed by atoms with van der Waals surface area (Å²) in [5.41, 5.74) is 2.12. The quantitative estimate of drug-likeness (QED) is 0.362. The molecule has 9 heteroatoms. The van der Waals surface area contributed by atoms with Gasteiger partial charge in [0.15, 0.2) is 0 Å². The first-order chi connectivity index (χ1) is 17.0. The van der Waals surface area contributed by atoms with Gasteiger partial charge in [0.25, 0.3) is 5.56 Å². The molecule has 0 amide bonds. The zero-order chi connectivity index (χ0) is 26.2. The zero-order valence-corrected chi connectivity index (χ0v) is 20.9. The van der Waals surface area contributed by atoms with Gasteiger partial charge in [0.2, 0.25) is 0 Å². The van der Waals surface area contributed by atoms with Crippen LogP contribution in [0.2, 0.25) is 5.02 Å². The largest absolute Gasteiger partial charge is 0.487 e. The zero-order valence-electron chi connectivity index (χ0n) is 20.1. The van der Waals surface area contributed by atoms with Crippen molar-refractivity contribution >= 4 is 11.6 Å². The monoisotopic (exact) mass is 511 g/mol. The Labute approximate surface area is 211 Å². The number of nitrogens with zero attached hydrogens (tertiary/aromatic N) is 3. The van der Waals surface area contributed by atoms with Gasteiger partial charge in [-0.05, 0) is 63.6 Å². The predicted molar refractivity (Wildman–Crippen MR) is 133 cm³/mol. The maximum absolute atomic E-state index is 14.0. The van der Waals surface area contributed by atoms with Crippen molar-refractivity contribution in [2.75, 3.05) is 0 Å². The van der Waals surface area contributed by atoms with E-state index in [2.05, 4.69) is 9.97 Å². The Morgan fingerprint density at radius 3 is 2.53 bits per heavy atom. The van der Waals surface area contributed by atoms with Gasteiger partial charge in [-0.15, -0.1) is 0 Å². The minimum atomic E-state index is -1.13. The molecule has 0 saturated heterocycles. The number of aryl methyl sites for hydroxylation is 2. The molecule has 4 aromatic rings. The van der Waals surface area contributed by atoms with Crippen LogP contribution in [0.3, 0.4) is 0 Å². The van der Waals surface area contributed by atoms with Gasteiger partial charge in [-0.25, -0.2) is 8.78 Å². The first kappa shape index (κ1) is 25.5. The van der Waals surface area contributed by atoms with E-state index >= 15 is 0 Å². The minimum Gasteiger partial charge on any atom is -0.487 e. The number of halogens is 3. The summed E-state index contributed by atoms with van der Waals surface area (Å²) < 4.78 is 34.2. The highest BCUT2D eigenvalue weighted by molar-refractivity contribution is 6.31. The van der Waals surface area contributed by atoms with E-state index in [9.17, 15) is 18.7 Å². The molecule has 0 spiro atoms. The number of aromatic nitrogens is 3. The number of pyridine rings is 3. The molecule has 36 heavy (non-hydrogen) atoms. The molecule has 0 aliphatic heterocycles. The number of ether oxygens (including phenoxy) is 1. The van der Waals surface area contributed by atoms with Crippen molar-refractivity contribution in [3.8, 4) is 22.7 Å². The number of rotatable bonds is 6. The molecular weight excluding hydrogens is 488 g/mol. The average molecular weight is 512 g/mol. The lowest BCUT2D eigenvalue weighted by Gasteiger charge is -2.18. The molecule has 186 valence electrons. The molecule has 0 aliphatic carbocycles. The molecule has 1 N–H and O–H groups in total. The minimum absolute atomic E-state index is 0.0926. The molecule has 0 aliphatic rings. The summed E-state index contributed by atoms with van der Waals surface area (Å²) in [6, 6.07) is 10.0. The molecule has 3 aromatic heterocycles. The second-order valence-electron chi connectivity index (χ2n) is 8.97. The van der Waals surface area contributed by atoms with Crippen LogP contribution in [0.25, 0.3) is 16.9 Å². The summed E-state index contributed by atoms with van der Waals surface area (Å²) in [5.74, 6) is -1.35. The molecule has 0 atom stereocenters. The Kier molecular flexibility index (Phi) is 6.93. The number of aliphatic hydroxyl groups is 1. The molecular formula is C27H24ClF2N3O3. The van der Waals surface area contributed by atoms with E-state index in [1.807, 2.05) is 6.92 Å². The standard InChI is InChI=1S/C27H24ClF2N3O3/c1-15-13-32-21(17-7-8-31-24(10-17)27(3,4)35)12-22(15)33-16(2)9-23(25(28)26(33)34)36-14-18-5-6-19(29)11-20(18)30/h5-13,35H,14H2,1-4H3. The van der Waals surface area contributed by atoms with Crippen molar-refractivity contribution in [3.63, 3.8) is 0 Å². The van der Waals surface area contributed by atoms with Crippen LogP contribution in [0.5, 0.6) is 5.75 Å². The van der Waals surface area contributed by atoms with Crippen LogP contribution in [-0.4, -0.2) is 19.6 Å². The Balaban J connectivity index is 1.72. The third kappa shape index (κ3) is 5.15. The van der Waals surface area contributed by atoms with Crippen LogP contribution in [0.1, 0.15) is 36.4 Å². The highest BCUT2D eigenvalue weighted by atomic mass is 35.5. The maximum atomic E-state index is 14.0. The maximum Gasteiger partial charge on any atom is 0.277 e. The van der Waals surface area contributed by atoms with E-state index in [4.69, 9.17) is 16.3 Å². The van der Waals surface area contributed by atoms with Crippen molar-refractivity contribution in [2.45, 2.75) is 39.9 Å². The fourth-order valence-electron chi connectivity index (χ4n) is 3.72. The predicted octanol–water partition coefficient (Wildman–Crippen LogP) is 5.65. The average Bonchev–Trinajstić information content (AvgIpc) is 2.82.